The van der Waals surface area contributed by atoms with Gasteiger partial charge >= 0.3 is 6.61 Å². The molecule has 0 bridgehead atoms. The number of ether oxygens (including phenoxy) is 5. The van der Waals surface area contributed by atoms with Crippen LogP contribution >= 0.6 is 0 Å². The minimum atomic E-state index is -3.08. The molecule has 0 radical (unpaired) electrons. The van der Waals surface area contributed by atoms with Crippen molar-refractivity contribution in [1.29, 1.82) is 0 Å². The van der Waals surface area contributed by atoms with Gasteiger partial charge in [0.15, 0.2) is 24.1 Å². The van der Waals surface area contributed by atoms with Crippen LogP contribution in [-0.4, -0.2) is 39.3 Å². The first kappa shape index (κ1) is 20.1. The van der Waals surface area contributed by atoms with E-state index in [0.717, 1.165) is 18.6 Å². The van der Waals surface area contributed by atoms with E-state index in [9.17, 15) is 13.2 Å². The lowest BCUT2D eigenvalue weighted by atomic mass is 10.1. The molecule has 27 heavy (non-hydrogen) atoms. The molecule has 1 aromatic rings. The van der Waals surface area contributed by atoms with E-state index in [1.165, 1.54) is 6.07 Å². The fourth-order valence-electron chi connectivity index (χ4n) is 2.97. The van der Waals surface area contributed by atoms with Crippen molar-refractivity contribution >= 4 is 0 Å². The number of alkyl halides is 2. The summed E-state index contributed by atoms with van der Waals surface area (Å²) in [6.45, 7) is 0.794. The molecule has 0 amide bonds. The quantitative estimate of drug-likeness (QED) is 0.689. The van der Waals surface area contributed by atoms with Crippen molar-refractivity contribution in [3.63, 3.8) is 0 Å². The van der Waals surface area contributed by atoms with Crippen molar-refractivity contribution in [1.82, 2.24) is 0 Å². The van der Waals surface area contributed by atoms with Gasteiger partial charge in [0, 0.05) is 11.5 Å². The van der Waals surface area contributed by atoms with Crippen LogP contribution in [0.3, 0.4) is 0 Å². The van der Waals surface area contributed by atoms with Gasteiger partial charge in [0.2, 0.25) is 0 Å². The van der Waals surface area contributed by atoms with E-state index in [0.29, 0.717) is 32.0 Å². The molecule has 150 valence electrons. The summed E-state index contributed by atoms with van der Waals surface area (Å²) in [5.41, 5.74) is 0.391. The molecule has 0 aromatic heterocycles. The van der Waals surface area contributed by atoms with Crippen LogP contribution in [-0.2, 0) is 18.9 Å². The van der Waals surface area contributed by atoms with Gasteiger partial charge in [-0.1, -0.05) is 25.1 Å². The summed E-state index contributed by atoms with van der Waals surface area (Å²) in [4.78, 5) is 0. The summed E-state index contributed by atoms with van der Waals surface area (Å²) < 4.78 is 65.1. The molecule has 0 saturated carbocycles. The fourth-order valence-corrected chi connectivity index (χ4v) is 2.97. The van der Waals surface area contributed by atoms with E-state index < -0.39 is 30.8 Å². The van der Waals surface area contributed by atoms with Crippen LogP contribution in [0, 0.1) is 17.7 Å². The van der Waals surface area contributed by atoms with Gasteiger partial charge in [-0.2, -0.15) is 8.78 Å². The standard InChI is InChI=1S/C19H23F3O5/c1-2-3-4-12-8-23-18(24-9-12)14-10-25-17(26-11-14)13-5-6-16(15(20)7-13)27-19(21)22/h3-7,12,14,17-19H,2,8-11H2,1H3/b4-3+/t12-,14-,17-,18-. The second-order valence-corrected chi connectivity index (χ2v) is 6.46. The van der Waals surface area contributed by atoms with Crippen LogP contribution in [0.2, 0.25) is 0 Å². The predicted octanol–water partition coefficient (Wildman–Crippen LogP) is 4.04. The minimum absolute atomic E-state index is 0.0939. The van der Waals surface area contributed by atoms with Gasteiger partial charge in [-0.15, -0.1) is 0 Å². The van der Waals surface area contributed by atoms with Gasteiger partial charge in [-0.3, -0.25) is 0 Å². The van der Waals surface area contributed by atoms with Gasteiger partial charge in [0.05, 0.1) is 32.3 Å². The molecule has 0 atom stereocenters. The van der Waals surface area contributed by atoms with Crippen LogP contribution in [0.4, 0.5) is 13.2 Å². The van der Waals surface area contributed by atoms with Crippen molar-refractivity contribution in [3.05, 3.63) is 41.7 Å². The van der Waals surface area contributed by atoms with E-state index >= 15 is 0 Å². The molecule has 8 heteroatoms. The highest BCUT2D eigenvalue weighted by atomic mass is 19.3. The molecule has 2 heterocycles. The lowest BCUT2D eigenvalue weighted by Gasteiger charge is -2.37. The van der Waals surface area contributed by atoms with Crippen LogP contribution < -0.4 is 4.74 Å². The van der Waals surface area contributed by atoms with Gasteiger partial charge in [0.1, 0.15) is 0 Å². The lowest BCUT2D eigenvalue weighted by Crippen LogP contribution is -2.42. The number of allylic oxidation sites excluding steroid dienone is 1. The number of halogens is 3. The molecule has 1 aromatic carbocycles. The zero-order valence-corrected chi connectivity index (χ0v) is 15.0. The van der Waals surface area contributed by atoms with Crippen molar-refractivity contribution in [3.8, 4) is 5.75 Å². The minimum Gasteiger partial charge on any atom is -0.432 e. The van der Waals surface area contributed by atoms with E-state index in [1.807, 2.05) is 0 Å². The Kier molecular flexibility index (Phi) is 7.12. The van der Waals surface area contributed by atoms with Crippen molar-refractivity contribution in [2.75, 3.05) is 26.4 Å². The van der Waals surface area contributed by atoms with Gasteiger partial charge < -0.3 is 23.7 Å². The van der Waals surface area contributed by atoms with Crippen LogP contribution in [0.15, 0.2) is 30.4 Å². The molecule has 0 aliphatic carbocycles. The molecule has 0 unspecified atom stereocenters. The van der Waals surface area contributed by atoms with E-state index in [-0.39, 0.29) is 11.8 Å². The summed E-state index contributed by atoms with van der Waals surface area (Å²) in [7, 11) is 0. The molecule has 0 spiro atoms. The fraction of sp³-hybridized carbons (Fsp3) is 0.579. The van der Waals surface area contributed by atoms with Crippen molar-refractivity contribution in [2.45, 2.75) is 32.5 Å². The molecule has 0 N–H and O–H groups in total. The first-order chi connectivity index (χ1) is 13.1. The Morgan fingerprint density at radius 3 is 2.41 bits per heavy atom. The maximum atomic E-state index is 13.8. The summed E-state index contributed by atoms with van der Waals surface area (Å²) >= 11 is 0. The maximum absolute atomic E-state index is 13.8. The summed E-state index contributed by atoms with van der Waals surface area (Å²) in [5.74, 6) is -1.26. The van der Waals surface area contributed by atoms with Crippen LogP contribution in [0.5, 0.6) is 5.75 Å². The van der Waals surface area contributed by atoms with E-state index in [4.69, 9.17) is 18.9 Å². The Labute approximate surface area is 156 Å². The number of hydrogen-bond acceptors (Lipinski definition) is 5. The second kappa shape index (κ2) is 9.54. The zero-order valence-electron chi connectivity index (χ0n) is 15.0. The summed E-state index contributed by atoms with van der Waals surface area (Å²) in [5, 5.41) is 0. The maximum Gasteiger partial charge on any atom is 0.387 e. The average Bonchev–Trinajstić information content (AvgIpc) is 2.68. The highest BCUT2D eigenvalue weighted by Crippen LogP contribution is 2.31. The zero-order chi connectivity index (χ0) is 19.2. The van der Waals surface area contributed by atoms with Gasteiger partial charge in [-0.05, 0) is 18.6 Å². The number of rotatable bonds is 6. The highest BCUT2D eigenvalue weighted by molar-refractivity contribution is 5.30. The first-order valence-electron chi connectivity index (χ1n) is 8.94. The predicted molar refractivity (Wildman–Crippen MR) is 89.8 cm³/mol. The Hall–Kier alpha value is -1.61. The first-order valence-corrected chi connectivity index (χ1v) is 8.94. The Balaban J connectivity index is 1.49. The van der Waals surface area contributed by atoms with Crippen molar-refractivity contribution < 1.29 is 36.9 Å². The summed E-state index contributed by atoms with van der Waals surface area (Å²) in [6, 6.07) is 3.64. The molecular weight excluding hydrogens is 365 g/mol. The Bertz CT molecular complexity index is 624. The second-order valence-electron chi connectivity index (χ2n) is 6.46. The largest absolute Gasteiger partial charge is 0.432 e. The molecule has 2 aliphatic heterocycles. The molecule has 5 nitrogen and oxygen atoms in total. The number of hydrogen-bond donors (Lipinski definition) is 0. The molecule has 2 fully saturated rings. The topological polar surface area (TPSA) is 46.2 Å². The normalized spacial score (nSPS) is 29.4. The van der Waals surface area contributed by atoms with Gasteiger partial charge in [0.25, 0.3) is 0 Å². The smallest absolute Gasteiger partial charge is 0.387 e. The highest BCUT2D eigenvalue weighted by Gasteiger charge is 2.34. The van der Waals surface area contributed by atoms with Crippen LogP contribution in [0.25, 0.3) is 0 Å². The molecule has 2 saturated heterocycles. The monoisotopic (exact) mass is 388 g/mol. The molecule has 2 aliphatic rings. The Morgan fingerprint density at radius 1 is 1.11 bits per heavy atom. The SMILES string of the molecule is CC/C=C/[C@H]1CO[C@H]([C@H]2CO[C@H](c3ccc(OC(F)F)c(F)c3)OC2)OC1. The van der Waals surface area contributed by atoms with Gasteiger partial charge in [-0.25, -0.2) is 4.39 Å². The van der Waals surface area contributed by atoms with Crippen LogP contribution in [0.1, 0.15) is 25.2 Å². The lowest BCUT2D eigenvalue weighted by molar-refractivity contribution is -0.280. The van der Waals surface area contributed by atoms with Crippen molar-refractivity contribution in [2.24, 2.45) is 11.8 Å². The third kappa shape index (κ3) is 5.44. The third-order valence-corrected chi connectivity index (χ3v) is 4.35. The number of benzene rings is 1. The summed E-state index contributed by atoms with van der Waals surface area (Å²) in [6.07, 6.45) is 3.97. The third-order valence-electron chi connectivity index (χ3n) is 4.35. The molecular formula is C19H23F3O5. The van der Waals surface area contributed by atoms with E-state index in [1.54, 1.807) is 0 Å². The Morgan fingerprint density at radius 2 is 1.81 bits per heavy atom. The average molecular weight is 388 g/mol. The molecule has 3 rings (SSSR count). The van der Waals surface area contributed by atoms with E-state index in [2.05, 4.69) is 23.8 Å².